The van der Waals surface area contributed by atoms with E-state index in [1.165, 1.54) is 12.1 Å². The van der Waals surface area contributed by atoms with Crippen molar-refractivity contribution in [2.24, 2.45) is 5.92 Å². The van der Waals surface area contributed by atoms with Crippen LogP contribution in [0.15, 0.2) is 18.2 Å². The Balaban J connectivity index is 2.21. The zero-order valence-electron chi connectivity index (χ0n) is 7.59. The zero-order valence-corrected chi connectivity index (χ0v) is 7.59. The Morgan fingerprint density at radius 2 is 2.07 bits per heavy atom. The van der Waals surface area contributed by atoms with Crippen molar-refractivity contribution >= 4 is 5.78 Å². The molecule has 2 rings (SSSR count). The number of hydrogen-bond acceptors (Lipinski definition) is 1. The molecular formula is C11H10F2O. The van der Waals surface area contributed by atoms with Gasteiger partial charge < -0.3 is 0 Å². The van der Waals surface area contributed by atoms with Gasteiger partial charge in [0.05, 0.1) is 5.56 Å². The summed E-state index contributed by atoms with van der Waals surface area (Å²) in [6.45, 7) is 0. The van der Waals surface area contributed by atoms with Crippen LogP contribution in [0.3, 0.4) is 0 Å². The van der Waals surface area contributed by atoms with E-state index >= 15 is 0 Å². The molecule has 0 heterocycles. The fourth-order valence-corrected chi connectivity index (χ4v) is 1.41. The SMILES string of the molecule is O=C(CC1CC1)c1cccc(F)c1F. The molecule has 1 aromatic carbocycles. The van der Waals surface area contributed by atoms with Crippen molar-refractivity contribution in [1.29, 1.82) is 0 Å². The summed E-state index contributed by atoms with van der Waals surface area (Å²) in [5.41, 5.74) is -0.114. The lowest BCUT2D eigenvalue weighted by molar-refractivity contribution is 0.0971. The van der Waals surface area contributed by atoms with Crippen LogP contribution in [-0.2, 0) is 0 Å². The van der Waals surface area contributed by atoms with E-state index in [-0.39, 0.29) is 11.3 Å². The first-order chi connectivity index (χ1) is 6.68. The number of Topliss-reactive ketones (excluding diaryl/α,β-unsaturated/α-hetero) is 1. The van der Waals surface area contributed by atoms with E-state index in [0.29, 0.717) is 12.3 Å². The highest BCUT2D eigenvalue weighted by atomic mass is 19.2. The highest BCUT2D eigenvalue weighted by Crippen LogP contribution is 2.33. The molecular weight excluding hydrogens is 186 g/mol. The molecule has 1 aliphatic rings. The first-order valence-corrected chi connectivity index (χ1v) is 4.65. The third-order valence-electron chi connectivity index (χ3n) is 2.42. The fourth-order valence-electron chi connectivity index (χ4n) is 1.41. The molecule has 0 aliphatic heterocycles. The van der Waals surface area contributed by atoms with E-state index in [0.717, 1.165) is 18.9 Å². The monoisotopic (exact) mass is 196 g/mol. The fraction of sp³-hybridized carbons (Fsp3) is 0.364. The van der Waals surface area contributed by atoms with Crippen LogP contribution < -0.4 is 0 Å². The molecule has 1 saturated carbocycles. The standard InChI is InChI=1S/C11H10F2O/c12-9-3-1-2-8(11(9)13)10(14)6-7-4-5-7/h1-3,7H,4-6H2. The quantitative estimate of drug-likeness (QED) is 0.679. The Hall–Kier alpha value is -1.25. The van der Waals surface area contributed by atoms with Crippen LogP contribution in [0.2, 0.25) is 0 Å². The van der Waals surface area contributed by atoms with E-state index in [9.17, 15) is 13.6 Å². The van der Waals surface area contributed by atoms with Crippen LogP contribution in [0.25, 0.3) is 0 Å². The van der Waals surface area contributed by atoms with Gasteiger partial charge in [-0.2, -0.15) is 0 Å². The average Bonchev–Trinajstić information content (AvgIpc) is 2.93. The summed E-state index contributed by atoms with van der Waals surface area (Å²) >= 11 is 0. The van der Waals surface area contributed by atoms with Gasteiger partial charge in [-0.3, -0.25) is 4.79 Å². The molecule has 14 heavy (non-hydrogen) atoms. The van der Waals surface area contributed by atoms with Crippen molar-refractivity contribution in [3.05, 3.63) is 35.4 Å². The van der Waals surface area contributed by atoms with Crippen molar-refractivity contribution < 1.29 is 13.6 Å². The third-order valence-corrected chi connectivity index (χ3v) is 2.42. The van der Waals surface area contributed by atoms with E-state index in [1.807, 2.05) is 0 Å². The normalized spacial score (nSPS) is 15.6. The summed E-state index contributed by atoms with van der Waals surface area (Å²) in [6, 6.07) is 3.71. The lowest BCUT2D eigenvalue weighted by Crippen LogP contribution is -2.04. The molecule has 0 saturated heterocycles. The second-order valence-electron chi connectivity index (χ2n) is 3.67. The lowest BCUT2D eigenvalue weighted by atomic mass is 10.1. The first kappa shape index (κ1) is 9.31. The summed E-state index contributed by atoms with van der Waals surface area (Å²) in [4.78, 5) is 11.5. The minimum Gasteiger partial charge on any atom is -0.294 e. The maximum absolute atomic E-state index is 13.1. The largest absolute Gasteiger partial charge is 0.294 e. The summed E-state index contributed by atoms with van der Waals surface area (Å²) < 4.78 is 25.9. The maximum Gasteiger partial charge on any atom is 0.169 e. The molecule has 0 bridgehead atoms. The molecule has 1 aromatic rings. The molecule has 1 nitrogen and oxygen atoms in total. The minimum absolute atomic E-state index is 0.114. The van der Waals surface area contributed by atoms with Gasteiger partial charge in [0, 0.05) is 6.42 Å². The molecule has 0 spiro atoms. The predicted molar refractivity (Wildman–Crippen MR) is 48.0 cm³/mol. The second-order valence-corrected chi connectivity index (χ2v) is 3.67. The Morgan fingerprint density at radius 1 is 1.36 bits per heavy atom. The van der Waals surface area contributed by atoms with Crippen LogP contribution in [0.1, 0.15) is 29.6 Å². The van der Waals surface area contributed by atoms with E-state index < -0.39 is 11.6 Å². The third kappa shape index (κ3) is 1.81. The zero-order chi connectivity index (χ0) is 10.1. The topological polar surface area (TPSA) is 17.1 Å². The van der Waals surface area contributed by atoms with E-state index in [1.54, 1.807) is 0 Å². The molecule has 1 fully saturated rings. The summed E-state index contributed by atoms with van der Waals surface area (Å²) in [6.07, 6.45) is 2.41. The molecule has 0 amide bonds. The average molecular weight is 196 g/mol. The van der Waals surface area contributed by atoms with Gasteiger partial charge in [-0.25, -0.2) is 8.78 Å². The Kier molecular flexibility index (Phi) is 2.32. The number of carbonyl (C=O) groups excluding carboxylic acids is 1. The van der Waals surface area contributed by atoms with Gasteiger partial charge in [-0.1, -0.05) is 6.07 Å². The highest BCUT2D eigenvalue weighted by molar-refractivity contribution is 5.96. The Morgan fingerprint density at radius 3 is 2.71 bits per heavy atom. The van der Waals surface area contributed by atoms with E-state index in [4.69, 9.17) is 0 Å². The van der Waals surface area contributed by atoms with Crippen molar-refractivity contribution in [1.82, 2.24) is 0 Å². The van der Waals surface area contributed by atoms with Crippen molar-refractivity contribution in [2.45, 2.75) is 19.3 Å². The lowest BCUT2D eigenvalue weighted by Gasteiger charge is -2.01. The first-order valence-electron chi connectivity index (χ1n) is 4.65. The molecule has 0 unspecified atom stereocenters. The summed E-state index contributed by atoms with van der Waals surface area (Å²) in [5.74, 6) is -1.86. The molecule has 0 aromatic heterocycles. The van der Waals surface area contributed by atoms with Crippen molar-refractivity contribution in [3.63, 3.8) is 0 Å². The predicted octanol–water partition coefficient (Wildman–Crippen LogP) is 2.95. The van der Waals surface area contributed by atoms with Crippen LogP contribution in [0.5, 0.6) is 0 Å². The van der Waals surface area contributed by atoms with Crippen LogP contribution in [-0.4, -0.2) is 5.78 Å². The molecule has 0 atom stereocenters. The van der Waals surface area contributed by atoms with Gasteiger partial charge >= 0.3 is 0 Å². The van der Waals surface area contributed by atoms with Gasteiger partial charge in [0.1, 0.15) is 0 Å². The van der Waals surface area contributed by atoms with Crippen LogP contribution in [0.4, 0.5) is 8.78 Å². The van der Waals surface area contributed by atoms with Crippen LogP contribution in [0, 0.1) is 17.6 Å². The van der Waals surface area contributed by atoms with E-state index in [2.05, 4.69) is 0 Å². The molecule has 1 aliphatic carbocycles. The molecule has 0 radical (unpaired) electrons. The Labute approximate surface area is 80.7 Å². The van der Waals surface area contributed by atoms with Gasteiger partial charge in [0.2, 0.25) is 0 Å². The van der Waals surface area contributed by atoms with Gasteiger partial charge in [0.25, 0.3) is 0 Å². The van der Waals surface area contributed by atoms with Crippen molar-refractivity contribution in [3.8, 4) is 0 Å². The van der Waals surface area contributed by atoms with Crippen LogP contribution >= 0.6 is 0 Å². The molecule has 3 heteroatoms. The second kappa shape index (κ2) is 3.48. The number of halogens is 2. The number of benzene rings is 1. The smallest absolute Gasteiger partial charge is 0.169 e. The number of hydrogen-bond donors (Lipinski definition) is 0. The molecule has 0 N–H and O–H groups in total. The summed E-state index contributed by atoms with van der Waals surface area (Å²) in [7, 11) is 0. The Bertz CT molecular complexity index is 370. The van der Waals surface area contributed by atoms with Gasteiger partial charge in [-0.05, 0) is 30.9 Å². The number of ketones is 1. The maximum atomic E-state index is 13.1. The minimum atomic E-state index is -1.02. The van der Waals surface area contributed by atoms with Crippen molar-refractivity contribution in [2.75, 3.05) is 0 Å². The number of rotatable bonds is 3. The number of carbonyl (C=O) groups is 1. The summed E-state index contributed by atoms with van der Waals surface area (Å²) in [5, 5.41) is 0. The highest BCUT2D eigenvalue weighted by Gasteiger charge is 2.26. The van der Waals surface area contributed by atoms with Gasteiger partial charge in [0.15, 0.2) is 17.4 Å². The molecule has 74 valence electrons. The van der Waals surface area contributed by atoms with Gasteiger partial charge in [-0.15, -0.1) is 0 Å².